The number of nitrogens with zero attached hydrogens (tertiary/aromatic N) is 2. The average molecular weight is 346 g/mol. The molecule has 1 spiro atoms. The molecule has 4 rings (SSSR count). The summed E-state index contributed by atoms with van der Waals surface area (Å²) in [5.41, 5.74) is 1.36. The van der Waals surface area contributed by atoms with E-state index in [1.807, 2.05) is 18.5 Å². The van der Waals surface area contributed by atoms with Gasteiger partial charge in [0.25, 0.3) is 0 Å². The monoisotopic (exact) mass is 346 g/mol. The molecule has 0 amide bonds. The van der Waals surface area contributed by atoms with Gasteiger partial charge in [-0.05, 0) is 43.2 Å². The van der Waals surface area contributed by atoms with Crippen LogP contribution in [0.25, 0.3) is 0 Å². The molecule has 0 radical (unpaired) electrons. The lowest BCUT2D eigenvalue weighted by Crippen LogP contribution is -2.44. The molecule has 138 valence electrons. The van der Waals surface area contributed by atoms with Gasteiger partial charge in [0.15, 0.2) is 0 Å². The van der Waals surface area contributed by atoms with Crippen LogP contribution in [0.15, 0.2) is 24.5 Å². The second-order valence-corrected chi connectivity index (χ2v) is 7.85. The molecular weight excluding hydrogens is 316 g/mol. The SMILES string of the molecule is c1cncc(CN2CCC3(CC2)C[C@@H](OCC2CCOCC2)CO3)c1. The highest BCUT2D eigenvalue weighted by atomic mass is 16.6. The van der Waals surface area contributed by atoms with Crippen molar-refractivity contribution in [2.45, 2.75) is 50.4 Å². The van der Waals surface area contributed by atoms with Crippen LogP contribution in [0.1, 0.15) is 37.7 Å². The second kappa shape index (κ2) is 8.12. The molecule has 25 heavy (non-hydrogen) atoms. The van der Waals surface area contributed by atoms with E-state index < -0.39 is 0 Å². The largest absolute Gasteiger partial charge is 0.381 e. The molecule has 0 aliphatic carbocycles. The zero-order valence-electron chi connectivity index (χ0n) is 15.1. The zero-order valence-corrected chi connectivity index (χ0v) is 15.1. The Balaban J connectivity index is 1.20. The van der Waals surface area contributed by atoms with Gasteiger partial charge in [-0.2, -0.15) is 0 Å². The molecule has 5 nitrogen and oxygen atoms in total. The van der Waals surface area contributed by atoms with E-state index in [1.54, 1.807) is 0 Å². The summed E-state index contributed by atoms with van der Waals surface area (Å²) in [7, 11) is 0. The van der Waals surface area contributed by atoms with Crippen LogP contribution in [0.2, 0.25) is 0 Å². The van der Waals surface area contributed by atoms with Crippen LogP contribution in [-0.2, 0) is 20.8 Å². The number of hydrogen-bond acceptors (Lipinski definition) is 5. The van der Waals surface area contributed by atoms with Gasteiger partial charge >= 0.3 is 0 Å². The van der Waals surface area contributed by atoms with E-state index >= 15 is 0 Å². The lowest BCUT2D eigenvalue weighted by Gasteiger charge is -2.38. The van der Waals surface area contributed by atoms with E-state index in [4.69, 9.17) is 14.2 Å². The number of hydrogen-bond donors (Lipinski definition) is 0. The minimum absolute atomic E-state index is 0.0613. The number of aromatic nitrogens is 1. The highest BCUT2D eigenvalue weighted by molar-refractivity contribution is 5.08. The van der Waals surface area contributed by atoms with Crippen molar-refractivity contribution in [3.05, 3.63) is 30.1 Å². The number of likely N-dealkylation sites (tertiary alicyclic amines) is 1. The Hall–Kier alpha value is -1.01. The third-order valence-electron chi connectivity index (χ3n) is 5.98. The maximum Gasteiger partial charge on any atom is 0.0836 e. The fraction of sp³-hybridized carbons (Fsp3) is 0.750. The zero-order chi connectivity index (χ0) is 17.0. The van der Waals surface area contributed by atoms with Crippen LogP contribution < -0.4 is 0 Å². The molecular formula is C20H30N2O3. The first-order valence-electron chi connectivity index (χ1n) is 9.76. The summed E-state index contributed by atoms with van der Waals surface area (Å²) in [5, 5.41) is 0. The Morgan fingerprint density at radius 1 is 1.24 bits per heavy atom. The molecule has 3 aliphatic heterocycles. The minimum atomic E-state index is 0.0613. The molecule has 0 unspecified atom stereocenters. The highest BCUT2D eigenvalue weighted by Crippen LogP contribution is 2.37. The number of ether oxygens (including phenoxy) is 3. The number of piperidine rings is 1. The van der Waals surface area contributed by atoms with E-state index in [9.17, 15) is 0 Å². The van der Waals surface area contributed by atoms with Crippen LogP contribution >= 0.6 is 0 Å². The summed E-state index contributed by atoms with van der Waals surface area (Å²) in [6.07, 6.45) is 9.67. The minimum Gasteiger partial charge on any atom is -0.381 e. The van der Waals surface area contributed by atoms with Crippen molar-refractivity contribution in [3.8, 4) is 0 Å². The van der Waals surface area contributed by atoms with Gasteiger partial charge in [-0.1, -0.05) is 6.07 Å². The Kier molecular flexibility index (Phi) is 5.66. The average Bonchev–Trinajstić information content (AvgIpc) is 3.07. The first kappa shape index (κ1) is 17.4. The molecule has 0 N–H and O–H groups in total. The Morgan fingerprint density at radius 2 is 2.08 bits per heavy atom. The first-order chi connectivity index (χ1) is 12.3. The summed E-state index contributed by atoms with van der Waals surface area (Å²) in [5.74, 6) is 0.673. The molecule has 4 heterocycles. The normalized spacial score (nSPS) is 27.8. The van der Waals surface area contributed by atoms with Crippen molar-refractivity contribution in [3.63, 3.8) is 0 Å². The van der Waals surface area contributed by atoms with Crippen LogP contribution in [0.3, 0.4) is 0 Å². The van der Waals surface area contributed by atoms with E-state index in [0.717, 1.165) is 78.2 Å². The maximum absolute atomic E-state index is 6.24. The van der Waals surface area contributed by atoms with Gasteiger partial charge in [-0.3, -0.25) is 9.88 Å². The summed E-state index contributed by atoms with van der Waals surface area (Å²) in [4.78, 5) is 6.73. The quantitative estimate of drug-likeness (QED) is 0.820. The third kappa shape index (κ3) is 4.59. The Bertz CT molecular complexity index is 525. The molecule has 0 saturated carbocycles. The van der Waals surface area contributed by atoms with Gasteiger partial charge in [0.05, 0.1) is 24.9 Å². The highest BCUT2D eigenvalue weighted by Gasteiger charge is 2.43. The van der Waals surface area contributed by atoms with Crippen LogP contribution in [-0.4, -0.2) is 61.1 Å². The van der Waals surface area contributed by atoms with Crippen molar-refractivity contribution >= 4 is 0 Å². The predicted molar refractivity (Wildman–Crippen MR) is 95.3 cm³/mol. The molecule has 3 fully saturated rings. The van der Waals surface area contributed by atoms with Crippen molar-refractivity contribution < 1.29 is 14.2 Å². The van der Waals surface area contributed by atoms with Gasteiger partial charge in [-0.15, -0.1) is 0 Å². The molecule has 1 atom stereocenters. The molecule has 3 aliphatic rings. The van der Waals surface area contributed by atoms with E-state index in [-0.39, 0.29) is 11.7 Å². The van der Waals surface area contributed by atoms with Gasteiger partial charge in [0.1, 0.15) is 0 Å². The van der Waals surface area contributed by atoms with Crippen molar-refractivity contribution in [2.24, 2.45) is 5.92 Å². The van der Waals surface area contributed by atoms with Crippen LogP contribution in [0, 0.1) is 5.92 Å². The second-order valence-electron chi connectivity index (χ2n) is 7.85. The Labute approximate surface area is 150 Å². The molecule has 1 aromatic heterocycles. The lowest BCUT2D eigenvalue weighted by molar-refractivity contribution is -0.0479. The molecule has 3 saturated heterocycles. The smallest absolute Gasteiger partial charge is 0.0836 e. The fourth-order valence-electron chi connectivity index (χ4n) is 4.31. The van der Waals surface area contributed by atoms with Gasteiger partial charge in [0.2, 0.25) is 0 Å². The topological polar surface area (TPSA) is 43.8 Å². The number of rotatable bonds is 5. The molecule has 1 aromatic rings. The van der Waals surface area contributed by atoms with Crippen LogP contribution in [0.4, 0.5) is 0 Å². The lowest BCUT2D eigenvalue weighted by atomic mass is 9.88. The predicted octanol–water partition coefficient (Wildman–Crippen LogP) is 2.65. The fourth-order valence-corrected chi connectivity index (χ4v) is 4.31. The number of pyridine rings is 1. The van der Waals surface area contributed by atoms with Crippen LogP contribution in [0.5, 0.6) is 0 Å². The van der Waals surface area contributed by atoms with Gasteiger partial charge in [-0.25, -0.2) is 0 Å². The summed E-state index contributed by atoms with van der Waals surface area (Å²) in [6, 6.07) is 4.17. The summed E-state index contributed by atoms with van der Waals surface area (Å²) >= 11 is 0. The first-order valence-corrected chi connectivity index (χ1v) is 9.76. The Morgan fingerprint density at radius 3 is 2.84 bits per heavy atom. The van der Waals surface area contributed by atoms with Gasteiger partial charge < -0.3 is 14.2 Å². The van der Waals surface area contributed by atoms with E-state index in [1.165, 1.54) is 5.56 Å². The van der Waals surface area contributed by atoms with Crippen molar-refractivity contribution in [2.75, 3.05) is 39.5 Å². The standard InChI is InChI=1S/C20H30N2O3/c1-2-18(13-21-7-1)14-22-8-5-20(6-9-22)12-19(16-25-20)24-15-17-3-10-23-11-4-17/h1-2,7,13,17,19H,3-6,8-12,14-16H2/t19-/m1/s1. The van der Waals surface area contributed by atoms with E-state index in [2.05, 4.69) is 16.0 Å². The van der Waals surface area contributed by atoms with Crippen molar-refractivity contribution in [1.29, 1.82) is 0 Å². The molecule has 0 bridgehead atoms. The van der Waals surface area contributed by atoms with Gasteiger partial charge in [0, 0.05) is 51.7 Å². The molecule has 0 aromatic carbocycles. The van der Waals surface area contributed by atoms with E-state index in [0.29, 0.717) is 5.92 Å². The summed E-state index contributed by atoms with van der Waals surface area (Å²) < 4.78 is 17.9. The summed E-state index contributed by atoms with van der Waals surface area (Å²) in [6.45, 7) is 6.63. The maximum atomic E-state index is 6.24. The third-order valence-corrected chi connectivity index (χ3v) is 5.98. The van der Waals surface area contributed by atoms with Crippen molar-refractivity contribution in [1.82, 2.24) is 9.88 Å². The molecule has 5 heteroatoms.